The van der Waals surface area contributed by atoms with Gasteiger partial charge in [-0.2, -0.15) is 5.10 Å². The van der Waals surface area contributed by atoms with E-state index in [1.165, 1.54) is 24.2 Å². The van der Waals surface area contributed by atoms with Gasteiger partial charge in [-0.15, -0.1) is 0 Å². The van der Waals surface area contributed by atoms with Crippen LogP contribution in [0.5, 0.6) is 0 Å². The van der Waals surface area contributed by atoms with E-state index >= 15 is 0 Å². The van der Waals surface area contributed by atoms with Crippen molar-refractivity contribution in [1.29, 1.82) is 0 Å². The Labute approximate surface area is 92.9 Å². The van der Waals surface area contributed by atoms with Crippen LogP contribution in [0.2, 0.25) is 0 Å². The van der Waals surface area contributed by atoms with Crippen molar-refractivity contribution in [3.05, 3.63) is 17.5 Å². The summed E-state index contributed by atoms with van der Waals surface area (Å²) in [6.45, 7) is 4.37. The predicted molar refractivity (Wildman–Crippen MR) is 64.0 cm³/mol. The molecule has 15 heavy (non-hydrogen) atoms. The second-order valence-electron chi connectivity index (χ2n) is 4.19. The molecule has 0 aliphatic heterocycles. The third-order valence-corrected chi connectivity index (χ3v) is 2.95. The Morgan fingerprint density at radius 2 is 2.27 bits per heavy atom. The number of aromatic nitrogens is 2. The Balaban J connectivity index is 2.40. The first kappa shape index (κ1) is 12.2. The van der Waals surface area contributed by atoms with Crippen LogP contribution in [-0.2, 0) is 19.9 Å². The maximum Gasteiger partial charge on any atom is 0.0624 e. The topological polar surface area (TPSA) is 29.9 Å². The normalized spacial score (nSPS) is 13.1. The second kappa shape index (κ2) is 5.91. The minimum atomic E-state index is 0.615. The van der Waals surface area contributed by atoms with Crippen LogP contribution in [0.1, 0.15) is 38.1 Å². The van der Waals surface area contributed by atoms with Gasteiger partial charge in [0.05, 0.1) is 5.69 Å². The highest BCUT2D eigenvalue weighted by atomic mass is 15.3. The van der Waals surface area contributed by atoms with Crippen molar-refractivity contribution in [1.82, 2.24) is 15.1 Å². The molecule has 1 aromatic rings. The summed E-state index contributed by atoms with van der Waals surface area (Å²) in [6.07, 6.45) is 4.62. The molecule has 0 aliphatic rings. The molecule has 1 atom stereocenters. The summed E-state index contributed by atoms with van der Waals surface area (Å²) in [5.74, 6) is 0. The number of nitrogens with zero attached hydrogens (tertiary/aromatic N) is 2. The summed E-state index contributed by atoms with van der Waals surface area (Å²) >= 11 is 0. The van der Waals surface area contributed by atoms with Crippen LogP contribution in [0.25, 0.3) is 0 Å². The zero-order chi connectivity index (χ0) is 11.3. The summed E-state index contributed by atoms with van der Waals surface area (Å²) in [4.78, 5) is 0. The van der Waals surface area contributed by atoms with E-state index < -0.39 is 0 Å². The van der Waals surface area contributed by atoms with Crippen LogP contribution in [0.15, 0.2) is 6.07 Å². The SMILES string of the molecule is CCc1cc(CCCC(C)NC)n(C)n1. The van der Waals surface area contributed by atoms with Gasteiger partial charge in [0, 0.05) is 18.8 Å². The molecule has 0 saturated heterocycles. The number of aryl methyl sites for hydroxylation is 3. The first-order chi connectivity index (χ1) is 7.17. The molecule has 1 unspecified atom stereocenters. The molecule has 0 amide bonds. The maximum atomic E-state index is 4.45. The van der Waals surface area contributed by atoms with Gasteiger partial charge in [0.15, 0.2) is 0 Å². The summed E-state index contributed by atoms with van der Waals surface area (Å²) in [6, 6.07) is 2.84. The molecule has 86 valence electrons. The molecular formula is C12H23N3. The monoisotopic (exact) mass is 209 g/mol. The number of hydrogen-bond donors (Lipinski definition) is 1. The van der Waals surface area contributed by atoms with Crippen LogP contribution < -0.4 is 5.32 Å². The molecule has 0 fully saturated rings. The summed E-state index contributed by atoms with van der Waals surface area (Å²) in [7, 11) is 4.06. The van der Waals surface area contributed by atoms with Gasteiger partial charge < -0.3 is 5.32 Å². The van der Waals surface area contributed by atoms with Crippen molar-refractivity contribution in [3.8, 4) is 0 Å². The van der Waals surface area contributed by atoms with E-state index in [9.17, 15) is 0 Å². The minimum Gasteiger partial charge on any atom is -0.317 e. The Morgan fingerprint density at radius 1 is 1.53 bits per heavy atom. The Hall–Kier alpha value is -0.830. The van der Waals surface area contributed by atoms with E-state index in [1.807, 2.05) is 18.8 Å². The van der Waals surface area contributed by atoms with E-state index in [0.717, 1.165) is 12.8 Å². The van der Waals surface area contributed by atoms with Crippen molar-refractivity contribution in [2.45, 2.75) is 45.6 Å². The summed E-state index contributed by atoms with van der Waals surface area (Å²) in [5, 5.41) is 7.71. The van der Waals surface area contributed by atoms with Gasteiger partial charge in [-0.05, 0) is 45.7 Å². The highest BCUT2D eigenvalue weighted by Crippen LogP contribution is 2.08. The van der Waals surface area contributed by atoms with Gasteiger partial charge in [-0.1, -0.05) is 6.92 Å². The van der Waals surface area contributed by atoms with Crippen molar-refractivity contribution in [2.75, 3.05) is 7.05 Å². The maximum absolute atomic E-state index is 4.45. The first-order valence-electron chi connectivity index (χ1n) is 5.86. The molecular weight excluding hydrogens is 186 g/mol. The van der Waals surface area contributed by atoms with Crippen LogP contribution >= 0.6 is 0 Å². The summed E-state index contributed by atoms with van der Waals surface area (Å²) in [5.41, 5.74) is 2.56. The van der Waals surface area contributed by atoms with Gasteiger partial charge in [-0.25, -0.2) is 0 Å². The second-order valence-corrected chi connectivity index (χ2v) is 4.19. The van der Waals surface area contributed by atoms with E-state index in [1.54, 1.807) is 0 Å². The summed E-state index contributed by atoms with van der Waals surface area (Å²) < 4.78 is 2.02. The lowest BCUT2D eigenvalue weighted by atomic mass is 10.1. The molecule has 0 radical (unpaired) electrons. The third kappa shape index (κ3) is 3.67. The zero-order valence-electron chi connectivity index (χ0n) is 10.4. The Bertz CT molecular complexity index is 291. The average Bonchev–Trinajstić information content (AvgIpc) is 2.59. The standard InChI is InChI=1S/C12H23N3/c1-5-11-9-12(15(4)14-11)8-6-7-10(2)13-3/h9-10,13H,5-8H2,1-4H3. The molecule has 1 rings (SSSR count). The lowest BCUT2D eigenvalue weighted by Crippen LogP contribution is -2.20. The van der Waals surface area contributed by atoms with Gasteiger partial charge in [0.25, 0.3) is 0 Å². The van der Waals surface area contributed by atoms with Crippen LogP contribution in [0.3, 0.4) is 0 Å². The highest BCUT2D eigenvalue weighted by molar-refractivity contribution is 5.10. The molecule has 0 aromatic carbocycles. The molecule has 3 nitrogen and oxygen atoms in total. The van der Waals surface area contributed by atoms with E-state index in [-0.39, 0.29) is 0 Å². The molecule has 1 N–H and O–H groups in total. The molecule has 1 aromatic heterocycles. The number of hydrogen-bond acceptors (Lipinski definition) is 2. The largest absolute Gasteiger partial charge is 0.317 e. The lowest BCUT2D eigenvalue weighted by Gasteiger charge is -2.09. The molecule has 0 spiro atoms. The van der Waals surface area contributed by atoms with E-state index in [4.69, 9.17) is 0 Å². The minimum absolute atomic E-state index is 0.615. The molecule has 1 heterocycles. The van der Waals surface area contributed by atoms with Crippen molar-refractivity contribution in [2.24, 2.45) is 7.05 Å². The molecule has 0 aliphatic carbocycles. The molecule has 0 bridgehead atoms. The van der Waals surface area contributed by atoms with E-state index in [0.29, 0.717) is 6.04 Å². The fourth-order valence-electron chi connectivity index (χ4n) is 1.71. The first-order valence-corrected chi connectivity index (χ1v) is 5.86. The zero-order valence-corrected chi connectivity index (χ0v) is 10.4. The quantitative estimate of drug-likeness (QED) is 0.775. The van der Waals surface area contributed by atoms with Crippen LogP contribution in [0, 0.1) is 0 Å². The third-order valence-electron chi connectivity index (χ3n) is 2.95. The Morgan fingerprint density at radius 3 is 2.80 bits per heavy atom. The van der Waals surface area contributed by atoms with E-state index in [2.05, 4.69) is 30.3 Å². The average molecular weight is 209 g/mol. The Kier molecular flexibility index (Phi) is 4.82. The van der Waals surface area contributed by atoms with Crippen molar-refractivity contribution < 1.29 is 0 Å². The van der Waals surface area contributed by atoms with Crippen LogP contribution in [0.4, 0.5) is 0 Å². The number of nitrogens with one attached hydrogen (secondary N) is 1. The lowest BCUT2D eigenvalue weighted by molar-refractivity contribution is 0.534. The van der Waals surface area contributed by atoms with Crippen molar-refractivity contribution in [3.63, 3.8) is 0 Å². The van der Waals surface area contributed by atoms with Gasteiger partial charge in [-0.3, -0.25) is 4.68 Å². The van der Waals surface area contributed by atoms with Crippen LogP contribution in [-0.4, -0.2) is 22.9 Å². The number of rotatable bonds is 6. The highest BCUT2D eigenvalue weighted by Gasteiger charge is 2.04. The van der Waals surface area contributed by atoms with Crippen molar-refractivity contribution >= 4 is 0 Å². The fraction of sp³-hybridized carbons (Fsp3) is 0.750. The molecule has 3 heteroatoms. The van der Waals surface area contributed by atoms with Gasteiger partial charge in [0.1, 0.15) is 0 Å². The van der Waals surface area contributed by atoms with Gasteiger partial charge >= 0.3 is 0 Å². The fourth-order valence-corrected chi connectivity index (χ4v) is 1.71. The smallest absolute Gasteiger partial charge is 0.0624 e. The van der Waals surface area contributed by atoms with Gasteiger partial charge in [0.2, 0.25) is 0 Å². The predicted octanol–water partition coefficient (Wildman–Crippen LogP) is 1.91. The molecule has 0 saturated carbocycles.